The van der Waals surface area contributed by atoms with Gasteiger partial charge in [-0.15, -0.1) is 12.4 Å². The summed E-state index contributed by atoms with van der Waals surface area (Å²) < 4.78 is 25.4. The predicted octanol–water partition coefficient (Wildman–Crippen LogP) is 4.39. The summed E-state index contributed by atoms with van der Waals surface area (Å²) in [5.74, 6) is -0.166. The number of piperazine rings is 1. The molecule has 1 aliphatic heterocycles. The number of nitrogens with zero attached hydrogens (tertiary/aromatic N) is 1. The van der Waals surface area contributed by atoms with Crippen LogP contribution in [0.2, 0.25) is 0 Å². The standard InChI is InChI=1S/C20H22BrFN2O3.ClH/c21-16-6-7-19(18(22)12-16)26-11-8-17-13-24(10-9-23-17)20(25)27-14-15-4-2-1-3-5-15;/h1-7,12,17,23H,8-11,13-14H2;1H/t17-;/m1./s1. The van der Waals surface area contributed by atoms with Crippen LogP contribution in [0.25, 0.3) is 0 Å². The Morgan fingerprint density at radius 3 is 2.79 bits per heavy atom. The lowest BCUT2D eigenvalue weighted by molar-refractivity contribution is 0.0826. The van der Waals surface area contributed by atoms with Crippen LogP contribution in [-0.4, -0.2) is 43.3 Å². The molecular weight excluding hydrogens is 451 g/mol. The van der Waals surface area contributed by atoms with Gasteiger partial charge in [0.2, 0.25) is 0 Å². The number of amides is 1. The lowest BCUT2D eigenvalue weighted by Crippen LogP contribution is -2.53. The number of halogens is 3. The summed E-state index contributed by atoms with van der Waals surface area (Å²) in [4.78, 5) is 14.0. The van der Waals surface area contributed by atoms with Crippen LogP contribution in [-0.2, 0) is 11.3 Å². The fourth-order valence-corrected chi connectivity index (χ4v) is 3.23. The fourth-order valence-electron chi connectivity index (χ4n) is 2.90. The first-order chi connectivity index (χ1) is 13.1. The van der Waals surface area contributed by atoms with Crippen LogP contribution in [0.1, 0.15) is 12.0 Å². The lowest BCUT2D eigenvalue weighted by Gasteiger charge is -2.33. The number of rotatable bonds is 6. The maximum absolute atomic E-state index is 13.8. The molecule has 1 fully saturated rings. The van der Waals surface area contributed by atoms with Gasteiger partial charge in [-0.2, -0.15) is 0 Å². The molecule has 0 aromatic heterocycles. The smallest absolute Gasteiger partial charge is 0.410 e. The first kappa shape index (κ1) is 22.5. The second-order valence-electron chi connectivity index (χ2n) is 6.35. The first-order valence-corrected chi connectivity index (χ1v) is 9.68. The molecule has 1 heterocycles. The summed E-state index contributed by atoms with van der Waals surface area (Å²) in [6, 6.07) is 14.4. The molecule has 1 N–H and O–H groups in total. The van der Waals surface area contributed by atoms with Crippen LogP contribution < -0.4 is 10.1 Å². The zero-order chi connectivity index (χ0) is 19.1. The second-order valence-corrected chi connectivity index (χ2v) is 7.26. The third kappa shape index (κ3) is 6.65. The molecule has 2 aromatic rings. The molecule has 28 heavy (non-hydrogen) atoms. The zero-order valence-electron chi connectivity index (χ0n) is 15.3. The first-order valence-electron chi connectivity index (χ1n) is 8.88. The Balaban J connectivity index is 0.00000280. The lowest BCUT2D eigenvalue weighted by atomic mass is 10.1. The van der Waals surface area contributed by atoms with Crippen molar-refractivity contribution in [2.45, 2.75) is 19.1 Å². The molecule has 152 valence electrons. The van der Waals surface area contributed by atoms with Gasteiger partial charge in [-0.1, -0.05) is 46.3 Å². The molecule has 8 heteroatoms. The van der Waals surface area contributed by atoms with Gasteiger partial charge in [0, 0.05) is 30.1 Å². The van der Waals surface area contributed by atoms with E-state index >= 15 is 0 Å². The highest BCUT2D eigenvalue weighted by Gasteiger charge is 2.24. The number of ether oxygens (including phenoxy) is 2. The Bertz CT molecular complexity index is 766. The maximum atomic E-state index is 13.8. The van der Waals surface area contributed by atoms with E-state index in [9.17, 15) is 9.18 Å². The van der Waals surface area contributed by atoms with Crippen molar-refractivity contribution in [2.24, 2.45) is 0 Å². The average molecular weight is 474 g/mol. The normalized spacial score (nSPS) is 16.2. The van der Waals surface area contributed by atoms with E-state index in [1.165, 1.54) is 6.07 Å². The highest BCUT2D eigenvalue weighted by Crippen LogP contribution is 2.21. The molecule has 0 spiro atoms. The summed E-state index contributed by atoms with van der Waals surface area (Å²) >= 11 is 3.22. The van der Waals surface area contributed by atoms with Gasteiger partial charge in [0.05, 0.1) is 6.61 Å². The summed E-state index contributed by atoms with van der Waals surface area (Å²) in [7, 11) is 0. The van der Waals surface area contributed by atoms with E-state index in [0.717, 1.165) is 5.56 Å². The van der Waals surface area contributed by atoms with E-state index in [-0.39, 0.29) is 36.9 Å². The second kappa shape index (κ2) is 11.2. The topological polar surface area (TPSA) is 50.8 Å². The van der Waals surface area contributed by atoms with Crippen molar-refractivity contribution in [3.63, 3.8) is 0 Å². The van der Waals surface area contributed by atoms with Crippen LogP contribution in [0, 0.1) is 5.82 Å². The number of hydrogen-bond donors (Lipinski definition) is 1. The average Bonchev–Trinajstić information content (AvgIpc) is 2.69. The summed E-state index contributed by atoms with van der Waals surface area (Å²) in [5, 5.41) is 3.36. The van der Waals surface area contributed by atoms with Crippen LogP contribution >= 0.6 is 28.3 Å². The molecule has 0 unspecified atom stereocenters. The summed E-state index contributed by atoms with van der Waals surface area (Å²) in [6.07, 6.45) is 0.350. The molecule has 0 aliphatic carbocycles. The highest BCUT2D eigenvalue weighted by atomic mass is 79.9. The van der Waals surface area contributed by atoms with Gasteiger partial charge in [0.25, 0.3) is 0 Å². The fraction of sp³-hybridized carbons (Fsp3) is 0.350. The van der Waals surface area contributed by atoms with E-state index in [1.54, 1.807) is 17.0 Å². The Morgan fingerprint density at radius 1 is 1.25 bits per heavy atom. The molecule has 1 amide bonds. The van der Waals surface area contributed by atoms with Crippen molar-refractivity contribution >= 4 is 34.4 Å². The van der Waals surface area contributed by atoms with E-state index in [4.69, 9.17) is 9.47 Å². The maximum Gasteiger partial charge on any atom is 0.410 e. The Kier molecular flexibility index (Phi) is 9.02. The van der Waals surface area contributed by atoms with Gasteiger partial charge in [0.1, 0.15) is 6.61 Å². The van der Waals surface area contributed by atoms with Crippen molar-refractivity contribution in [3.8, 4) is 5.75 Å². The molecule has 3 rings (SSSR count). The number of benzene rings is 2. The third-order valence-electron chi connectivity index (χ3n) is 4.34. The van der Waals surface area contributed by atoms with Gasteiger partial charge in [-0.25, -0.2) is 9.18 Å². The molecule has 1 atom stereocenters. The van der Waals surface area contributed by atoms with Gasteiger partial charge >= 0.3 is 6.09 Å². The SMILES string of the molecule is Cl.O=C(OCc1ccccc1)N1CCN[C@H](CCOc2ccc(Br)cc2F)C1. The van der Waals surface area contributed by atoms with E-state index in [2.05, 4.69) is 21.2 Å². The molecule has 0 saturated carbocycles. The largest absolute Gasteiger partial charge is 0.490 e. The quantitative estimate of drug-likeness (QED) is 0.676. The van der Waals surface area contributed by atoms with Crippen molar-refractivity contribution in [2.75, 3.05) is 26.2 Å². The van der Waals surface area contributed by atoms with Gasteiger partial charge in [0.15, 0.2) is 11.6 Å². The minimum Gasteiger partial charge on any atom is -0.490 e. The van der Waals surface area contributed by atoms with Crippen LogP contribution in [0.15, 0.2) is 53.0 Å². The monoisotopic (exact) mass is 472 g/mol. The van der Waals surface area contributed by atoms with Crippen molar-refractivity contribution in [1.82, 2.24) is 10.2 Å². The van der Waals surface area contributed by atoms with Gasteiger partial charge in [-0.3, -0.25) is 0 Å². The van der Waals surface area contributed by atoms with Crippen LogP contribution in [0.5, 0.6) is 5.75 Å². The minimum atomic E-state index is -0.396. The van der Waals surface area contributed by atoms with E-state index in [0.29, 0.717) is 37.1 Å². The third-order valence-corrected chi connectivity index (χ3v) is 4.83. The van der Waals surface area contributed by atoms with Crippen LogP contribution in [0.4, 0.5) is 9.18 Å². The number of nitrogens with one attached hydrogen (secondary N) is 1. The van der Waals surface area contributed by atoms with Crippen molar-refractivity contribution in [3.05, 3.63) is 64.4 Å². The number of carbonyl (C=O) groups is 1. The summed E-state index contributed by atoms with van der Waals surface area (Å²) in [5.41, 5.74) is 0.961. The molecule has 0 radical (unpaired) electrons. The molecule has 1 aliphatic rings. The van der Waals surface area contributed by atoms with Crippen LogP contribution in [0.3, 0.4) is 0 Å². The zero-order valence-corrected chi connectivity index (χ0v) is 17.7. The minimum absolute atomic E-state index is 0. The predicted molar refractivity (Wildman–Crippen MR) is 111 cm³/mol. The molecule has 0 bridgehead atoms. The van der Waals surface area contributed by atoms with Crippen molar-refractivity contribution in [1.29, 1.82) is 0 Å². The number of carbonyl (C=O) groups excluding carboxylic acids is 1. The molecule has 1 saturated heterocycles. The molecule has 2 aromatic carbocycles. The van der Waals surface area contributed by atoms with Crippen molar-refractivity contribution < 1.29 is 18.7 Å². The van der Waals surface area contributed by atoms with Gasteiger partial charge in [-0.05, 0) is 30.2 Å². The van der Waals surface area contributed by atoms with E-state index < -0.39 is 5.82 Å². The van der Waals surface area contributed by atoms with Gasteiger partial charge < -0.3 is 19.7 Å². The van der Waals surface area contributed by atoms with E-state index in [1.807, 2.05) is 30.3 Å². The summed E-state index contributed by atoms with van der Waals surface area (Å²) in [6.45, 7) is 2.47. The molecular formula is C20H23BrClFN2O3. The Labute approximate surface area is 178 Å². The Morgan fingerprint density at radius 2 is 2.04 bits per heavy atom. The molecule has 5 nitrogen and oxygen atoms in total. The number of hydrogen-bond acceptors (Lipinski definition) is 4. The Hall–Kier alpha value is -1.83. The highest BCUT2D eigenvalue weighted by molar-refractivity contribution is 9.10.